The van der Waals surface area contributed by atoms with Gasteiger partial charge in [-0.15, -0.1) is 0 Å². The number of carbonyl (C=O) groups is 1. The van der Waals surface area contributed by atoms with Crippen molar-refractivity contribution >= 4 is 40.8 Å². The quantitative estimate of drug-likeness (QED) is 0.506. The normalized spacial score (nSPS) is 11.4. The zero-order valence-corrected chi connectivity index (χ0v) is 13.6. The van der Waals surface area contributed by atoms with Crippen molar-refractivity contribution < 1.29 is 22.7 Å². The number of benzene rings is 1. The van der Waals surface area contributed by atoms with Gasteiger partial charge in [-0.3, -0.25) is 0 Å². The lowest BCUT2D eigenvalue weighted by Gasteiger charge is -2.11. The van der Waals surface area contributed by atoms with Crippen LogP contribution in [-0.2, 0) is 10.9 Å². The summed E-state index contributed by atoms with van der Waals surface area (Å²) in [4.78, 5) is 15.1. The summed E-state index contributed by atoms with van der Waals surface area (Å²) in [5.41, 5.74) is -1.49. The molecule has 9 heteroatoms. The second kappa shape index (κ2) is 6.55. The first-order valence-corrected chi connectivity index (χ1v) is 7.09. The van der Waals surface area contributed by atoms with Gasteiger partial charge >= 0.3 is 12.1 Å². The number of carbonyl (C=O) groups excluding carboxylic acids is 1. The van der Waals surface area contributed by atoms with Gasteiger partial charge in [0.1, 0.15) is 5.69 Å². The van der Waals surface area contributed by atoms with Crippen molar-refractivity contribution in [3.8, 4) is 11.3 Å². The molecule has 2 aromatic rings. The Bertz CT molecular complexity index is 755. The summed E-state index contributed by atoms with van der Waals surface area (Å²) in [6.45, 7) is 0. The zero-order valence-electron chi connectivity index (χ0n) is 11.3. The molecular formula is C14H7Cl3F3NO2. The van der Waals surface area contributed by atoms with Gasteiger partial charge in [-0.2, -0.15) is 13.2 Å². The predicted octanol–water partition coefficient (Wildman–Crippen LogP) is 5.51. The van der Waals surface area contributed by atoms with E-state index in [4.69, 9.17) is 34.8 Å². The number of hydrogen-bond acceptors (Lipinski definition) is 3. The average Bonchev–Trinajstić information content (AvgIpc) is 2.50. The third-order valence-corrected chi connectivity index (χ3v) is 4.01. The van der Waals surface area contributed by atoms with Crippen LogP contribution >= 0.6 is 34.8 Å². The molecule has 1 heterocycles. The molecule has 23 heavy (non-hydrogen) atoms. The molecule has 0 fully saturated rings. The summed E-state index contributed by atoms with van der Waals surface area (Å²) in [6.07, 6.45) is -4.74. The topological polar surface area (TPSA) is 39.2 Å². The molecule has 0 radical (unpaired) electrons. The van der Waals surface area contributed by atoms with E-state index in [9.17, 15) is 18.0 Å². The van der Waals surface area contributed by atoms with Crippen molar-refractivity contribution in [3.63, 3.8) is 0 Å². The molecule has 0 bridgehead atoms. The SMILES string of the molecule is COC(=O)c1cc(-c2cc(Cl)c(Cl)c(Cl)c2)nc(C(F)(F)F)c1. The first-order valence-electron chi connectivity index (χ1n) is 5.96. The van der Waals surface area contributed by atoms with Crippen LogP contribution < -0.4 is 0 Å². The van der Waals surface area contributed by atoms with Crippen LogP contribution in [0.3, 0.4) is 0 Å². The molecule has 0 aliphatic rings. The van der Waals surface area contributed by atoms with E-state index in [1.54, 1.807) is 0 Å². The Kier molecular flexibility index (Phi) is 5.08. The fraction of sp³-hybridized carbons (Fsp3) is 0.143. The van der Waals surface area contributed by atoms with Gasteiger partial charge in [0.15, 0.2) is 0 Å². The van der Waals surface area contributed by atoms with Crippen molar-refractivity contribution in [2.75, 3.05) is 7.11 Å². The van der Waals surface area contributed by atoms with Gasteiger partial charge in [-0.05, 0) is 24.3 Å². The number of rotatable bonds is 2. The van der Waals surface area contributed by atoms with E-state index in [0.717, 1.165) is 13.2 Å². The van der Waals surface area contributed by atoms with Crippen molar-refractivity contribution in [2.45, 2.75) is 6.18 Å². The fourth-order valence-electron chi connectivity index (χ4n) is 1.76. The number of pyridine rings is 1. The van der Waals surface area contributed by atoms with Crippen LogP contribution in [0.25, 0.3) is 11.3 Å². The second-order valence-electron chi connectivity index (χ2n) is 4.37. The molecule has 0 saturated heterocycles. The van der Waals surface area contributed by atoms with E-state index in [1.807, 2.05) is 0 Å². The number of esters is 1. The Morgan fingerprint density at radius 2 is 1.65 bits per heavy atom. The molecule has 0 unspecified atom stereocenters. The largest absolute Gasteiger partial charge is 0.465 e. The van der Waals surface area contributed by atoms with Crippen LogP contribution in [0.2, 0.25) is 15.1 Å². The van der Waals surface area contributed by atoms with Gasteiger partial charge in [-0.1, -0.05) is 34.8 Å². The zero-order chi connectivity index (χ0) is 17.4. The van der Waals surface area contributed by atoms with E-state index in [1.165, 1.54) is 12.1 Å². The third kappa shape index (κ3) is 3.88. The Hall–Kier alpha value is -1.50. The molecule has 0 aliphatic carbocycles. The summed E-state index contributed by atoms with van der Waals surface area (Å²) in [7, 11) is 1.06. The van der Waals surface area contributed by atoms with Gasteiger partial charge in [0.25, 0.3) is 0 Å². The Labute approximate surface area is 143 Å². The van der Waals surface area contributed by atoms with E-state index in [-0.39, 0.29) is 31.9 Å². The molecule has 0 atom stereocenters. The summed E-state index contributed by atoms with van der Waals surface area (Å²) < 4.78 is 43.4. The molecule has 0 amide bonds. The fourth-order valence-corrected chi connectivity index (χ4v) is 2.36. The minimum atomic E-state index is -4.74. The van der Waals surface area contributed by atoms with Crippen molar-refractivity contribution in [2.24, 2.45) is 0 Å². The lowest BCUT2D eigenvalue weighted by molar-refractivity contribution is -0.141. The highest BCUT2D eigenvalue weighted by atomic mass is 35.5. The lowest BCUT2D eigenvalue weighted by atomic mass is 10.1. The van der Waals surface area contributed by atoms with Crippen LogP contribution in [-0.4, -0.2) is 18.1 Å². The van der Waals surface area contributed by atoms with Gasteiger partial charge in [0.2, 0.25) is 0 Å². The van der Waals surface area contributed by atoms with Gasteiger partial charge in [0, 0.05) is 5.56 Å². The van der Waals surface area contributed by atoms with Crippen LogP contribution in [0.5, 0.6) is 0 Å². The van der Waals surface area contributed by atoms with Crippen LogP contribution in [0.15, 0.2) is 24.3 Å². The van der Waals surface area contributed by atoms with Gasteiger partial charge in [0.05, 0.1) is 33.4 Å². The maximum absolute atomic E-state index is 13.0. The Balaban J connectivity index is 2.69. The molecule has 1 aromatic carbocycles. The van der Waals surface area contributed by atoms with Crippen molar-refractivity contribution in [1.29, 1.82) is 0 Å². The Morgan fingerprint density at radius 1 is 1.09 bits per heavy atom. The molecule has 0 saturated carbocycles. The number of hydrogen-bond donors (Lipinski definition) is 0. The minimum absolute atomic E-state index is 0.0491. The maximum atomic E-state index is 13.0. The molecule has 122 valence electrons. The summed E-state index contributed by atoms with van der Waals surface area (Å²) >= 11 is 17.5. The highest BCUT2D eigenvalue weighted by Crippen LogP contribution is 2.36. The van der Waals surface area contributed by atoms with Crippen LogP contribution in [0.4, 0.5) is 13.2 Å². The van der Waals surface area contributed by atoms with Crippen LogP contribution in [0, 0.1) is 0 Å². The van der Waals surface area contributed by atoms with E-state index in [2.05, 4.69) is 9.72 Å². The molecular weight excluding hydrogens is 378 g/mol. The molecule has 0 spiro atoms. The number of alkyl halides is 3. The second-order valence-corrected chi connectivity index (χ2v) is 5.56. The molecule has 3 nitrogen and oxygen atoms in total. The summed E-state index contributed by atoms with van der Waals surface area (Å²) in [5, 5.41) is 0.165. The smallest absolute Gasteiger partial charge is 0.433 e. The number of halogens is 6. The number of ether oxygens (including phenoxy) is 1. The molecule has 2 rings (SSSR count). The molecule has 1 aromatic heterocycles. The summed E-state index contributed by atoms with van der Waals surface area (Å²) in [6, 6.07) is 4.37. The first-order chi connectivity index (χ1) is 10.6. The average molecular weight is 385 g/mol. The maximum Gasteiger partial charge on any atom is 0.433 e. The van der Waals surface area contributed by atoms with E-state index in [0.29, 0.717) is 6.07 Å². The molecule has 0 aliphatic heterocycles. The van der Waals surface area contributed by atoms with E-state index >= 15 is 0 Å². The van der Waals surface area contributed by atoms with Crippen molar-refractivity contribution in [3.05, 3.63) is 50.6 Å². The first kappa shape index (κ1) is 17.8. The van der Waals surface area contributed by atoms with Crippen LogP contribution in [0.1, 0.15) is 16.1 Å². The Morgan fingerprint density at radius 3 is 2.13 bits per heavy atom. The highest BCUT2D eigenvalue weighted by Gasteiger charge is 2.34. The van der Waals surface area contributed by atoms with E-state index < -0.39 is 17.8 Å². The molecule has 0 N–H and O–H groups in total. The van der Waals surface area contributed by atoms with Gasteiger partial charge < -0.3 is 4.74 Å². The van der Waals surface area contributed by atoms with Crippen molar-refractivity contribution in [1.82, 2.24) is 4.98 Å². The highest BCUT2D eigenvalue weighted by molar-refractivity contribution is 6.48. The number of nitrogens with zero attached hydrogens (tertiary/aromatic N) is 1. The standard InChI is InChI=1S/C14H7Cl3F3NO2/c1-23-13(22)7-4-10(21-11(5-7)14(18,19)20)6-2-8(15)12(17)9(16)3-6/h2-5H,1H3. The number of methoxy groups -OCH3 is 1. The van der Waals surface area contributed by atoms with Gasteiger partial charge in [-0.25, -0.2) is 9.78 Å². The summed E-state index contributed by atoms with van der Waals surface area (Å²) in [5.74, 6) is -0.926. The minimum Gasteiger partial charge on any atom is -0.465 e. The predicted molar refractivity (Wildman–Crippen MR) is 81.0 cm³/mol. The number of aromatic nitrogens is 1. The monoisotopic (exact) mass is 383 g/mol. The lowest BCUT2D eigenvalue weighted by Crippen LogP contribution is -2.12. The third-order valence-electron chi connectivity index (χ3n) is 2.82.